The van der Waals surface area contributed by atoms with Crippen LogP contribution in [-0.4, -0.2) is 0 Å². The van der Waals surface area contributed by atoms with Crippen molar-refractivity contribution in [2.24, 2.45) is 0 Å². The maximum absolute atomic E-state index is 4.22. The highest BCUT2D eigenvalue weighted by Gasteiger charge is 2.54. The van der Waals surface area contributed by atoms with Crippen molar-refractivity contribution in [3.63, 3.8) is 0 Å². The van der Waals surface area contributed by atoms with Gasteiger partial charge in [0.05, 0.1) is 5.41 Å². The molecule has 1 spiro atoms. The minimum atomic E-state index is -0.292. The van der Waals surface area contributed by atoms with Crippen LogP contribution in [0.25, 0.3) is 16.7 Å². The molecule has 3 aliphatic rings. The maximum Gasteiger partial charge on any atom is 0.0682 e. The quantitative estimate of drug-likeness (QED) is 0.195. The molecule has 0 amide bonds. The van der Waals surface area contributed by atoms with Gasteiger partial charge in [0.25, 0.3) is 0 Å². The molecule has 0 bridgehead atoms. The molecular formula is C43H36. The molecule has 0 aliphatic heterocycles. The topological polar surface area (TPSA) is 0 Å². The van der Waals surface area contributed by atoms with Crippen LogP contribution in [0, 0.1) is 0 Å². The van der Waals surface area contributed by atoms with Gasteiger partial charge in [-0.3, -0.25) is 0 Å². The molecule has 0 nitrogen and oxygen atoms in total. The van der Waals surface area contributed by atoms with E-state index in [4.69, 9.17) is 0 Å². The van der Waals surface area contributed by atoms with Gasteiger partial charge in [-0.25, -0.2) is 0 Å². The smallest absolute Gasteiger partial charge is 0.0682 e. The van der Waals surface area contributed by atoms with Crippen LogP contribution in [0.4, 0.5) is 0 Å². The monoisotopic (exact) mass is 552 g/mol. The predicted octanol–water partition coefficient (Wildman–Crippen LogP) is 10.8. The third-order valence-corrected chi connectivity index (χ3v) is 10.3. The van der Waals surface area contributed by atoms with Crippen molar-refractivity contribution in [3.8, 4) is 11.1 Å². The highest BCUT2D eigenvalue weighted by Crippen LogP contribution is 2.63. The van der Waals surface area contributed by atoms with Crippen molar-refractivity contribution in [2.45, 2.75) is 43.4 Å². The molecule has 0 fully saturated rings. The molecule has 0 radical (unpaired) electrons. The van der Waals surface area contributed by atoms with Crippen LogP contribution in [0.1, 0.15) is 77.1 Å². The summed E-state index contributed by atoms with van der Waals surface area (Å²) in [6.07, 6.45) is 9.01. The molecule has 3 aliphatic carbocycles. The Morgan fingerprint density at radius 1 is 0.651 bits per heavy atom. The molecule has 0 heterocycles. The van der Waals surface area contributed by atoms with Crippen molar-refractivity contribution in [3.05, 3.63) is 196 Å². The number of rotatable bonds is 4. The average molecular weight is 553 g/mol. The lowest BCUT2D eigenvalue weighted by atomic mass is 9.54. The fourth-order valence-electron chi connectivity index (χ4n) is 8.49. The Morgan fingerprint density at radius 3 is 1.95 bits per heavy atom. The lowest BCUT2D eigenvalue weighted by Crippen LogP contribution is -2.41. The zero-order chi connectivity index (χ0) is 29.2. The summed E-state index contributed by atoms with van der Waals surface area (Å²) in [5, 5.41) is 0. The molecule has 0 aromatic heterocycles. The minimum absolute atomic E-state index is 0.0739. The van der Waals surface area contributed by atoms with Gasteiger partial charge in [-0.05, 0) is 79.6 Å². The van der Waals surface area contributed by atoms with Gasteiger partial charge in [0.15, 0.2) is 0 Å². The first-order chi connectivity index (χ1) is 21.1. The van der Waals surface area contributed by atoms with E-state index in [0.29, 0.717) is 0 Å². The molecule has 5 aromatic carbocycles. The van der Waals surface area contributed by atoms with E-state index in [1.54, 1.807) is 5.57 Å². The summed E-state index contributed by atoms with van der Waals surface area (Å²) in [4.78, 5) is 0. The van der Waals surface area contributed by atoms with Crippen LogP contribution < -0.4 is 0 Å². The summed E-state index contributed by atoms with van der Waals surface area (Å²) in [7, 11) is 0. The normalized spacial score (nSPS) is 17.5. The van der Waals surface area contributed by atoms with Gasteiger partial charge >= 0.3 is 0 Å². The van der Waals surface area contributed by atoms with Crippen LogP contribution >= 0.6 is 0 Å². The number of benzene rings is 5. The van der Waals surface area contributed by atoms with Crippen molar-refractivity contribution in [1.29, 1.82) is 0 Å². The van der Waals surface area contributed by atoms with E-state index in [1.165, 1.54) is 61.2 Å². The third kappa shape index (κ3) is 3.56. The molecule has 1 unspecified atom stereocenters. The number of allylic oxidation sites excluding steroid dienone is 5. The summed E-state index contributed by atoms with van der Waals surface area (Å²) in [6, 6.07) is 45.4. The zero-order valence-corrected chi connectivity index (χ0v) is 25.0. The number of hydrogen-bond acceptors (Lipinski definition) is 0. The highest BCUT2D eigenvalue weighted by molar-refractivity contribution is 5.98. The maximum atomic E-state index is 4.22. The lowest BCUT2D eigenvalue weighted by Gasteiger charge is -2.47. The fraction of sp³-hybridized carbons (Fsp3) is 0.163. The molecule has 43 heavy (non-hydrogen) atoms. The largest absolute Gasteiger partial charge is 0.102 e. The second-order valence-corrected chi connectivity index (χ2v) is 12.8. The molecule has 1 atom stereocenters. The van der Waals surface area contributed by atoms with Gasteiger partial charge < -0.3 is 0 Å². The Hall–Kier alpha value is -4.68. The Balaban J connectivity index is 1.41. The lowest BCUT2D eigenvalue weighted by molar-refractivity contribution is 0.550. The minimum Gasteiger partial charge on any atom is -0.102 e. The molecule has 0 saturated heterocycles. The van der Waals surface area contributed by atoms with E-state index < -0.39 is 0 Å². The first-order valence-electron chi connectivity index (χ1n) is 15.6. The van der Waals surface area contributed by atoms with Crippen LogP contribution in [0.2, 0.25) is 0 Å². The number of hydrogen-bond donors (Lipinski definition) is 0. The summed E-state index contributed by atoms with van der Waals surface area (Å²) in [5.74, 6) is 0.146. The standard InChI is InChI=1S/C43H36/c1-4-32(29-16-6-5-7-17-29)30-18-14-19-31(28-30)33-21-15-27-40-41(33)34-20-8-9-22-35(34)43(40)38-25-12-10-23-36(38)42(2,3)37-24-11-13-26-39(37)43/h4-8,10-21,23-28,32H,1,9,22H2,2-3H3. The van der Waals surface area contributed by atoms with E-state index in [1.807, 2.05) is 0 Å². The second kappa shape index (κ2) is 9.68. The van der Waals surface area contributed by atoms with E-state index in [2.05, 4.69) is 160 Å². The SMILES string of the molecule is C=CC(c1ccccc1)c1cccc(-c2cccc3c2C2=C(CCC=C2)C32c3ccccc3C(C)(C)c3ccccc32)c1. The van der Waals surface area contributed by atoms with Crippen LogP contribution in [0.15, 0.2) is 152 Å². The molecule has 0 saturated carbocycles. The van der Waals surface area contributed by atoms with Gasteiger partial charge in [-0.2, -0.15) is 0 Å². The molecule has 208 valence electrons. The number of fused-ring (bicyclic) bond motifs is 8. The van der Waals surface area contributed by atoms with E-state index in [0.717, 1.165) is 12.8 Å². The Morgan fingerprint density at radius 2 is 1.26 bits per heavy atom. The average Bonchev–Trinajstić information content (AvgIpc) is 3.36. The highest BCUT2D eigenvalue weighted by atomic mass is 14.6. The zero-order valence-electron chi connectivity index (χ0n) is 25.0. The van der Waals surface area contributed by atoms with Crippen LogP contribution in [0.3, 0.4) is 0 Å². The molecule has 5 aromatic rings. The van der Waals surface area contributed by atoms with E-state index in [-0.39, 0.29) is 16.7 Å². The fourth-order valence-corrected chi connectivity index (χ4v) is 8.49. The van der Waals surface area contributed by atoms with Gasteiger partial charge in [-0.1, -0.05) is 153 Å². The Labute approximate surface area is 255 Å². The molecule has 8 rings (SSSR count). The van der Waals surface area contributed by atoms with Crippen molar-refractivity contribution < 1.29 is 0 Å². The van der Waals surface area contributed by atoms with Crippen molar-refractivity contribution in [1.82, 2.24) is 0 Å². The van der Waals surface area contributed by atoms with Crippen LogP contribution in [-0.2, 0) is 10.8 Å². The Bertz CT molecular complexity index is 1910. The molecule has 0 N–H and O–H groups in total. The van der Waals surface area contributed by atoms with E-state index in [9.17, 15) is 0 Å². The first-order valence-corrected chi connectivity index (χ1v) is 15.6. The summed E-state index contributed by atoms with van der Waals surface area (Å²) < 4.78 is 0. The second-order valence-electron chi connectivity index (χ2n) is 12.8. The van der Waals surface area contributed by atoms with Crippen molar-refractivity contribution >= 4 is 5.57 Å². The first kappa shape index (κ1) is 26.0. The predicted molar refractivity (Wildman–Crippen MR) is 181 cm³/mol. The summed E-state index contributed by atoms with van der Waals surface area (Å²) in [6.45, 7) is 9.02. The third-order valence-electron chi connectivity index (χ3n) is 10.3. The summed E-state index contributed by atoms with van der Waals surface area (Å²) >= 11 is 0. The molecule has 0 heteroatoms. The van der Waals surface area contributed by atoms with E-state index >= 15 is 0 Å². The summed E-state index contributed by atoms with van der Waals surface area (Å²) in [5.41, 5.74) is 16.3. The van der Waals surface area contributed by atoms with Gasteiger partial charge in [0.2, 0.25) is 0 Å². The van der Waals surface area contributed by atoms with Gasteiger partial charge in [-0.15, -0.1) is 6.58 Å². The Kier molecular flexibility index (Phi) is 5.85. The van der Waals surface area contributed by atoms with Gasteiger partial charge in [0, 0.05) is 11.3 Å². The van der Waals surface area contributed by atoms with Gasteiger partial charge in [0.1, 0.15) is 0 Å². The van der Waals surface area contributed by atoms with Crippen LogP contribution in [0.5, 0.6) is 0 Å². The molecular weight excluding hydrogens is 516 g/mol. The van der Waals surface area contributed by atoms with Crippen molar-refractivity contribution in [2.75, 3.05) is 0 Å².